The number of ether oxygens (including phenoxy) is 1. The second-order valence-electron chi connectivity index (χ2n) is 6.24. The van der Waals surface area contributed by atoms with Crippen LogP contribution in [0, 0.1) is 11.7 Å². The van der Waals surface area contributed by atoms with Gasteiger partial charge in [-0.05, 0) is 37.0 Å². The lowest BCUT2D eigenvalue weighted by molar-refractivity contribution is -0.142. The molecule has 1 atom stereocenters. The summed E-state index contributed by atoms with van der Waals surface area (Å²) in [5.74, 6) is -2.06. The highest BCUT2D eigenvalue weighted by molar-refractivity contribution is 5.88. The zero-order valence-electron chi connectivity index (χ0n) is 13.9. The fraction of sp³-hybridized carbons (Fsp3) is 0.556. The molecule has 0 aromatic heterocycles. The summed E-state index contributed by atoms with van der Waals surface area (Å²) in [6.07, 6.45) is 2.25. The smallest absolute Gasteiger partial charge is 0.308 e. The molecule has 0 bridgehead atoms. The summed E-state index contributed by atoms with van der Waals surface area (Å²) >= 11 is 0. The number of rotatable bonds is 7. The molecule has 1 fully saturated rings. The number of carboxylic acids is 1. The third-order valence-corrected chi connectivity index (χ3v) is 4.67. The normalized spacial score (nSPS) is 17.9. The molecule has 1 saturated heterocycles. The molecule has 0 saturated carbocycles. The van der Waals surface area contributed by atoms with Gasteiger partial charge in [-0.3, -0.25) is 9.59 Å². The molecule has 1 aliphatic heterocycles. The van der Waals surface area contributed by atoms with Gasteiger partial charge in [0.05, 0.1) is 11.3 Å². The highest BCUT2D eigenvalue weighted by Crippen LogP contribution is 2.35. The van der Waals surface area contributed by atoms with Crippen LogP contribution in [-0.4, -0.2) is 36.7 Å². The molecule has 0 radical (unpaired) electrons. The van der Waals surface area contributed by atoms with Gasteiger partial charge in [0.15, 0.2) is 0 Å². The van der Waals surface area contributed by atoms with Gasteiger partial charge in [0.1, 0.15) is 5.82 Å². The first-order chi connectivity index (χ1) is 11.5. The third-order valence-electron chi connectivity index (χ3n) is 4.67. The van der Waals surface area contributed by atoms with Crippen LogP contribution in [0.25, 0.3) is 0 Å². The van der Waals surface area contributed by atoms with Gasteiger partial charge in [-0.1, -0.05) is 25.5 Å². The van der Waals surface area contributed by atoms with Crippen LogP contribution in [-0.2, 0) is 19.7 Å². The molecule has 1 aliphatic rings. The van der Waals surface area contributed by atoms with Gasteiger partial charge in [-0.25, -0.2) is 4.39 Å². The Balaban J connectivity index is 2.16. The molecule has 1 aromatic rings. The summed E-state index contributed by atoms with van der Waals surface area (Å²) in [6.45, 7) is 2.91. The number of halogens is 1. The van der Waals surface area contributed by atoms with Gasteiger partial charge in [0.2, 0.25) is 5.91 Å². The van der Waals surface area contributed by atoms with Crippen molar-refractivity contribution in [1.29, 1.82) is 0 Å². The topological polar surface area (TPSA) is 75.6 Å². The van der Waals surface area contributed by atoms with E-state index in [1.54, 1.807) is 12.1 Å². The average molecular weight is 337 g/mol. The van der Waals surface area contributed by atoms with E-state index in [1.165, 1.54) is 12.1 Å². The van der Waals surface area contributed by atoms with Crippen LogP contribution in [0.4, 0.5) is 4.39 Å². The monoisotopic (exact) mass is 337 g/mol. The fourth-order valence-corrected chi connectivity index (χ4v) is 3.18. The van der Waals surface area contributed by atoms with E-state index in [0.29, 0.717) is 32.5 Å². The quantitative estimate of drug-likeness (QED) is 0.801. The van der Waals surface area contributed by atoms with Crippen LogP contribution in [0.2, 0.25) is 0 Å². The Labute approximate surface area is 141 Å². The summed E-state index contributed by atoms with van der Waals surface area (Å²) < 4.78 is 18.6. The first-order valence-electron chi connectivity index (χ1n) is 8.34. The van der Waals surface area contributed by atoms with E-state index < -0.39 is 17.3 Å². The van der Waals surface area contributed by atoms with E-state index in [1.807, 2.05) is 6.92 Å². The third kappa shape index (κ3) is 4.12. The average Bonchev–Trinajstić information content (AvgIpc) is 2.59. The Morgan fingerprint density at radius 3 is 2.46 bits per heavy atom. The van der Waals surface area contributed by atoms with Gasteiger partial charge < -0.3 is 15.2 Å². The molecule has 1 amide bonds. The molecule has 2 N–H and O–H groups in total. The van der Waals surface area contributed by atoms with Crippen LogP contribution in [0.3, 0.4) is 0 Å². The second-order valence-corrected chi connectivity index (χ2v) is 6.24. The number of hydrogen-bond acceptors (Lipinski definition) is 3. The Kier molecular flexibility index (Phi) is 6.31. The standard InChI is InChI=1S/C18H24FNO4/c1-2-3-13(16(21)22)12-20-17(23)18(8-10-24-11-9-18)14-4-6-15(19)7-5-14/h4-7,13H,2-3,8-12H2,1H3,(H,20,23)(H,21,22). The van der Waals surface area contributed by atoms with Crippen molar-refractivity contribution in [3.05, 3.63) is 35.6 Å². The minimum atomic E-state index is -0.903. The molecule has 0 spiro atoms. The Morgan fingerprint density at radius 2 is 1.92 bits per heavy atom. The molecule has 132 valence electrons. The van der Waals surface area contributed by atoms with E-state index in [4.69, 9.17) is 4.74 Å². The Morgan fingerprint density at radius 1 is 1.29 bits per heavy atom. The van der Waals surface area contributed by atoms with E-state index in [9.17, 15) is 19.1 Å². The lowest BCUT2D eigenvalue weighted by atomic mass is 9.73. The maximum atomic E-state index is 13.2. The van der Waals surface area contributed by atoms with Crippen molar-refractivity contribution in [2.45, 2.75) is 38.0 Å². The van der Waals surface area contributed by atoms with Crippen LogP contribution >= 0.6 is 0 Å². The lowest BCUT2D eigenvalue weighted by Gasteiger charge is -2.36. The molecular weight excluding hydrogens is 313 g/mol. The molecule has 1 aromatic carbocycles. The van der Waals surface area contributed by atoms with Gasteiger partial charge >= 0.3 is 5.97 Å². The number of carbonyl (C=O) groups excluding carboxylic acids is 1. The van der Waals surface area contributed by atoms with Crippen molar-refractivity contribution in [3.8, 4) is 0 Å². The first-order valence-corrected chi connectivity index (χ1v) is 8.34. The Hall–Kier alpha value is -1.95. The largest absolute Gasteiger partial charge is 0.481 e. The van der Waals surface area contributed by atoms with E-state index in [0.717, 1.165) is 12.0 Å². The van der Waals surface area contributed by atoms with Crippen molar-refractivity contribution < 1.29 is 23.8 Å². The van der Waals surface area contributed by atoms with Gasteiger partial charge in [-0.2, -0.15) is 0 Å². The number of carbonyl (C=O) groups is 2. The molecule has 1 unspecified atom stereocenters. The van der Waals surface area contributed by atoms with Gasteiger partial charge in [0.25, 0.3) is 0 Å². The number of amides is 1. The minimum Gasteiger partial charge on any atom is -0.481 e. The predicted molar refractivity (Wildman–Crippen MR) is 87.2 cm³/mol. The minimum absolute atomic E-state index is 0.103. The number of carboxylic acid groups (broad SMARTS) is 1. The van der Waals surface area contributed by atoms with Gasteiger partial charge in [-0.15, -0.1) is 0 Å². The van der Waals surface area contributed by atoms with Crippen LogP contribution in [0.1, 0.15) is 38.2 Å². The zero-order chi connectivity index (χ0) is 17.6. The van der Waals surface area contributed by atoms with Crippen LogP contribution < -0.4 is 5.32 Å². The second kappa shape index (κ2) is 8.24. The van der Waals surface area contributed by atoms with Crippen LogP contribution in [0.5, 0.6) is 0 Å². The van der Waals surface area contributed by atoms with E-state index in [-0.39, 0.29) is 18.3 Å². The molecule has 2 rings (SSSR count). The molecule has 24 heavy (non-hydrogen) atoms. The molecule has 0 aliphatic carbocycles. The van der Waals surface area contributed by atoms with Crippen molar-refractivity contribution >= 4 is 11.9 Å². The fourth-order valence-electron chi connectivity index (χ4n) is 3.18. The summed E-state index contributed by atoms with van der Waals surface area (Å²) in [6, 6.07) is 5.94. The van der Waals surface area contributed by atoms with Crippen molar-refractivity contribution in [2.24, 2.45) is 5.92 Å². The molecular formula is C18H24FNO4. The van der Waals surface area contributed by atoms with Crippen molar-refractivity contribution in [3.63, 3.8) is 0 Å². The molecule has 6 heteroatoms. The summed E-state index contributed by atoms with van der Waals surface area (Å²) in [5.41, 5.74) is -0.0478. The summed E-state index contributed by atoms with van der Waals surface area (Å²) in [4.78, 5) is 24.1. The van der Waals surface area contributed by atoms with Crippen LogP contribution in [0.15, 0.2) is 24.3 Å². The van der Waals surface area contributed by atoms with Crippen molar-refractivity contribution in [2.75, 3.05) is 19.8 Å². The maximum Gasteiger partial charge on any atom is 0.308 e. The lowest BCUT2D eigenvalue weighted by Crippen LogP contribution is -2.49. The van der Waals surface area contributed by atoms with Crippen molar-refractivity contribution in [1.82, 2.24) is 5.32 Å². The maximum absolute atomic E-state index is 13.2. The first kappa shape index (κ1) is 18.4. The Bertz CT molecular complexity index is 567. The number of aliphatic carboxylic acids is 1. The number of hydrogen-bond donors (Lipinski definition) is 2. The van der Waals surface area contributed by atoms with E-state index in [2.05, 4.69) is 5.32 Å². The summed E-state index contributed by atoms with van der Waals surface area (Å²) in [5, 5.41) is 12.0. The number of benzene rings is 1. The molecule has 1 heterocycles. The predicted octanol–water partition coefficient (Wildman–Crippen LogP) is 2.49. The molecule has 5 nitrogen and oxygen atoms in total. The number of nitrogens with one attached hydrogen (secondary N) is 1. The van der Waals surface area contributed by atoms with Gasteiger partial charge in [0, 0.05) is 19.8 Å². The van der Waals surface area contributed by atoms with E-state index >= 15 is 0 Å². The highest BCUT2D eigenvalue weighted by atomic mass is 19.1. The highest BCUT2D eigenvalue weighted by Gasteiger charge is 2.41. The zero-order valence-corrected chi connectivity index (χ0v) is 13.9. The SMILES string of the molecule is CCCC(CNC(=O)C1(c2ccc(F)cc2)CCOCC1)C(=O)O. The summed E-state index contributed by atoms with van der Waals surface area (Å²) in [7, 11) is 0.